The molecule has 0 aliphatic carbocycles. The Morgan fingerprint density at radius 1 is 1.60 bits per heavy atom. The summed E-state index contributed by atoms with van der Waals surface area (Å²) in [4.78, 5) is 21.9. The SMILES string of the molecule is O=CN1CC/C(=C\O)C1=O. The van der Waals surface area contributed by atoms with Gasteiger partial charge in [0, 0.05) is 6.54 Å². The van der Waals surface area contributed by atoms with Crippen LogP contribution in [0.3, 0.4) is 0 Å². The van der Waals surface area contributed by atoms with E-state index in [0.29, 0.717) is 24.9 Å². The molecular weight excluding hydrogens is 134 g/mol. The lowest BCUT2D eigenvalue weighted by atomic mass is 10.3. The first-order valence-electron chi connectivity index (χ1n) is 2.89. The molecule has 4 nitrogen and oxygen atoms in total. The normalized spacial score (nSPS) is 22.2. The van der Waals surface area contributed by atoms with E-state index in [1.807, 2.05) is 0 Å². The van der Waals surface area contributed by atoms with E-state index in [1.165, 1.54) is 0 Å². The van der Waals surface area contributed by atoms with Gasteiger partial charge in [-0.3, -0.25) is 14.5 Å². The molecule has 0 spiro atoms. The van der Waals surface area contributed by atoms with Crippen molar-refractivity contribution in [3.05, 3.63) is 11.8 Å². The minimum atomic E-state index is -0.391. The summed E-state index contributed by atoms with van der Waals surface area (Å²) >= 11 is 0. The summed E-state index contributed by atoms with van der Waals surface area (Å²) in [6.45, 7) is 0.384. The van der Waals surface area contributed by atoms with Gasteiger partial charge in [-0.25, -0.2) is 0 Å². The van der Waals surface area contributed by atoms with Gasteiger partial charge in [-0.15, -0.1) is 0 Å². The fourth-order valence-corrected chi connectivity index (χ4v) is 0.854. The highest BCUT2D eigenvalue weighted by molar-refractivity contribution is 6.01. The molecule has 0 unspecified atom stereocenters. The lowest BCUT2D eigenvalue weighted by Crippen LogP contribution is -2.22. The van der Waals surface area contributed by atoms with Gasteiger partial charge >= 0.3 is 0 Å². The average molecular weight is 141 g/mol. The molecule has 1 fully saturated rings. The standard InChI is InChI=1S/C6H7NO3/c8-3-5-1-2-7(4-9)6(5)10/h3-4,8H,1-2H2/b5-3+. The van der Waals surface area contributed by atoms with Crippen LogP contribution in [0.15, 0.2) is 11.8 Å². The number of imide groups is 1. The molecule has 0 aromatic rings. The molecule has 10 heavy (non-hydrogen) atoms. The molecule has 1 rings (SSSR count). The molecule has 1 N–H and O–H groups in total. The number of aliphatic hydroxyl groups is 1. The van der Waals surface area contributed by atoms with Crippen LogP contribution in [-0.4, -0.2) is 28.9 Å². The molecule has 0 bridgehead atoms. The van der Waals surface area contributed by atoms with E-state index in [9.17, 15) is 9.59 Å². The highest BCUT2D eigenvalue weighted by Crippen LogP contribution is 2.13. The maximum Gasteiger partial charge on any atom is 0.259 e. The molecule has 2 amide bonds. The van der Waals surface area contributed by atoms with E-state index in [0.717, 1.165) is 11.2 Å². The van der Waals surface area contributed by atoms with Gasteiger partial charge in [-0.05, 0) is 6.42 Å². The van der Waals surface area contributed by atoms with Crippen LogP contribution in [0.2, 0.25) is 0 Å². The minimum absolute atomic E-state index is 0.298. The summed E-state index contributed by atoms with van der Waals surface area (Å²) in [5.74, 6) is -0.391. The van der Waals surface area contributed by atoms with Crippen molar-refractivity contribution < 1.29 is 14.7 Å². The van der Waals surface area contributed by atoms with Crippen molar-refractivity contribution in [1.29, 1.82) is 0 Å². The molecule has 0 saturated carbocycles. The largest absolute Gasteiger partial charge is 0.515 e. The van der Waals surface area contributed by atoms with Crippen molar-refractivity contribution in [3.8, 4) is 0 Å². The maximum absolute atomic E-state index is 10.8. The average Bonchev–Trinajstić information content (AvgIpc) is 2.30. The van der Waals surface area contributed by atoms with Gasteiger partial charge in [0.1, 0.15) is 0 Å². The van der Waals surface area contributed by atoms with Crippen LogP contribution in [0.1, 0.15) is 6.42 Å². The maximum atomic E-state index is 10.8. The molecule has 0 atom stereocenters. The second-order valence-corrected chi connectivity index (χ2v) is 2.01. The Balaban J connectivity index is 2.76. The highest BCUT2D eigenvalue weighted by atomic mass is 16.2. The Morgan fingerprint density at radius 2 is 2.30 bits per heavy atom. The molecular formula is C6H7NO3. The smallest absolute Gasteiger partial charge is 0.259 e. The van der Waals surface area contributed by atoms with Crippen LogP contribution in [0.25, 0.3) is 0 Å². The van der Waals surface area contributed by atoms with Crippen LogP contribution >= 0.6 is 0 Å². The molecule has 1 aliphatic rings. The van der Waals surface area contributed by atoms with Gasteiger partial charge in [0.25, 0.3) is 5.91 Å². The quantitative estimate of drug-likeness (QED) is 0.313. The summed E-state index contributed by atoms with van der Waals surface area (Å²) in [5.41, 5.74) is 0.298. The zero-order valence-corrected chi connectivity index (χ0v) is 5.28. The molecule has 1 heterocycles. The van der Waals surface area contributed by atoms with Crippen molar-refractivity contribution in [1.82, 2.24) is 4.90 Å². The van der Waals surface area contributed by atoms with Crippen molar-refractivity contribution in [2.24, 2.45) is 0 Å². The van der Waals surface area contributed by atoms with Gasteiger partial charge in [0.15, 0.2) is 0 Å². The van der Waals surface area contributed by atoms with Crippen LogP contribution in [0.5, 0.6) is 0 Å². The summed E-state index contributed by atoms with van der Waals surface area (Å²) < 4.78 is 0. The van der Waals surface area contributed by atoms with E-state index in [1.54, 1.807) is 0 Å². The highest BCUT2D eigenvalue weighted by Gasteiger charge is 2.24. The Hall–Kier alpha value is -1.32. The van der Waals surface area contributed by atoms with Crippen molar-refractivity contribution in [3.63, 3.8) is 0 Å². The number of hydrogen-bond acceptors (Lipinski definition) is 3. The van der Waals surface area contributed by atoms with E-state index in [4.69, 9.17) is 5.11 Å². The number of nitrogens with zero attached hydrogens (tertiary/aromatic N) is 1. The van der Waals surface area contributed by atoms with Gasteiger partial charge in [0.05, 0.1) is 11.8 Å². The van der Waals surface area contributed by atoms with Crippen LogP contribution in [0.4, 0.5) is 0 Å². The Morgan fingerprint density at radius 3 is 2.60 bits per heavy atom. The van der Waals surface area contributed by atoms with E-state index < -0.39 is 5.91 Å². The van der Waals surface area contributed by atoms with Gasteiger partial charge < -0.3 is 5.11 Å². The van der Waals surface area contributed by atoms with Gasteiger partial charge in [0.2, 0.25) is 6.41 Å². The Bertz CT molecular complexity index is 197. The van der Waals surface area contributed by atoms with Crippen molar-refractivity contribution >= 4 is 12.3 Å². The van der Waals surface area contributed by atoms with E-state index in [-0.39, 0.29) is 0 Å². The van der Waals surface area contributed by atoms with E-state index >= 15 is 0 Å². The second kappa shape index (κ2) is 2.51. The number of hydrogen-bond donors (Lipinski definition) is 1. The van der Waals surface area contributed by atoms with Crippen LogP contribution in [0, 0.1) is 0 Å². The molecule has 1 saturated heterocycles. The van der Waals surface area contributed by atoms with Crippen molar-refractivity contribution in [2.75, 3.05) is 6.54 Å². The molecule has 54 valence electrons. The van der Waals surface area contributed by atoms with Gasteiger partial charge in [-0.2, -0.15) is 0 Å². The first-order valence-corrected chi connectivity index (χ1v) is 2.89. The fraction of sp³-hybridized carbons (Fsp3) is 0.333. The number of amides is 2. The number of carbonyl (C=O) groups excluding carboxylic acids is 2. The van der Waals surface area contributed by atoms with Gasteiger partial charge in [-0.1, -0.05) is 0 Å². The number of rotatable bonds is 1. The van der Waals surface area contributed by atoms with E-state index in [2.05, 4.69) is 0 Å². The Labute approximate surface area is 57.7 Å². The number of aliphatic hydroxyl groups excluding tert-OH is 1. The monoisotopic (exact) mass is 141 g/mol. The molecule has 1 aliphatic heterocycles. The van der Waals surface area contributed by atoms with Crippen molar-refractivity contribution in [2.45, 2.75) is 6.42 Å². The lowest BCUT2D eigenvalue weighted by Gasteiger charge is -2.01. The topological polar surface area (TPSA) is 57.6 Å². The molecule has 0 aromatic carbocycles. The van der Waals surface area contributed by atoms with Crippen LogP contribution < -0.4 is 0 Å². The molecule has 0 aromatic heterocycles. The Kier molecular flexibility index (Phi) is 1.71. The fourth-order valence-electron chi connectivity index (χ4n) is 0.854. The lowest BCUT2D eigenvalue weighted by molar-refractivity contribution is -0.132. The van der Waals surface area contributed by atoms with Crippen LogP contribution in [-0.2, 0) is 9.59 Å². The third-order valence-electron chi connectivity index (χ3n) is 1.44. The molecule has 0 radical (unpaired) electrons. The summed E-state index contributed by atoms with van der Waals surface area (Å²) in [6, 6.07) is 0. The zero-order valence-electron chi connectivity index (χ0n) is 5.28. The zero-order chi connectivity index (χ0) is 7.56. The number of carbonyl (C=O) groups is 2. The third kappa shape index (κ3) is 0.877. The predicted molar refractivity (Wildman–Crippen MR) is 33.1 cm³/mol. The summed E-state index contributed by atoms with van der Waals surface area (Å²) in [6.07, 6.45) is 1.68. The predicted octanol–water partition coefficient (Wildman–Crippen LogP) is -0.183. The summed E-state index contributed by atoms with van der Waals surface area (Å²) in [7, 11) is 0. The first-order chi connectivity index (χ1) is 4.79. The second-order valence-electron chi connectivity index (χ2n) is 2.01. The first kappa shape index (κ1) is 6.80. The molecule has 4 heteroatoms. The third-order valence-corrected chi connectivity index (χ3v) is 1.44. The number of likely N-dealkylation sites (tertiary alicyclic amines) is 1. The summed E-state index contributed by atoms with van der Waals surface area (Å²) in [5, 5.41) is 8.42. The minimum Gasteiger partial charge on any atom is -0.515 e.